The summed E-state index contributed by atoms with van der Waals surface area (Å²) in [5.74, 6) is 3.34. The van der Waals surface area contributed by atoms with Crippen molar-refractivity contribution in [3.8, 4) is 34.8 Å². The highest BCUT2D eigenvalue weighted by Crippen LogP contribution is 2.43. The van der Waals surface area contributed by atoms with E-state index in [1.165, 1.54) is 0 Å². The number of benzene rings is 2. The van der Waals surface area contributed by atoms with Crippen LogP contribution in [0.1, 0.15) is 23.6 Å². The molecule has 0 radical (unpaired) electrons. The molecule has 0 bridgehead atoms. The molecule has 18 nitrogen and oxygen atoms in total. The second-order valence-electron chi connectivity index (χ2n) is 11.0. The first-order valence-electron chi connectivity index (χ1n) is 15.7. The number of aliphatic hydroxyl groups excluding tert-OH is 1. The quantitative estimate of drug-likeness (QED) is 0.144. The highest BCUT2D eigenvalue weighted by atomic mass is 16.5. The van der Waals surface area contributed by atoms with Gasteiger partial charge in [0.1, 0.15) is 5.69 Å². The van der Waals surface area contributed by atoms with Crippen molar-refractivity contribution >= 4 is 40.9 Å². The Hall–Kier alpha value is -5.88. The van der Waals surface area contributed by atoms with Gasteiger partial charge in [-0.1, -0.05) is 6.07 Å². The van der Waals surface area contributed by atoms with E-state index in [0.29, 0.717) is 90.2 Å². The number of nitrogens with one attached hydrogen (secondary N) is 2. The Morgan fingerprint density at radius 1 is 0.900 bits per heavy atom. The number of morpholine rings is 1. The Balaban J connectivity index is 1.36. The fourth-order valence-electron chi connectivity index (χ4n) is 5.55. The fraction of sp³-hybridized carbons (Fsp3) is 0.375. The molecular weight excluding hydrogens is 650 g/mol. The van der Waals surface area contributed by atoms with Crippen LogP contribution in [0.2, 0.25) is 0 Å². The molecule has 1 atom stereocenters. The minimum atomic E-state index is -0.398. The number of fused-ring (bicyclic) bond motifs is 1. The van der Waals surface area contributed by atoms with Crippen LogP contribution in [-0.4, -0.2) is 104 Å². The summed E-state index contributed by atoms with van der Waals surface area (Å²) >= 11 is 0. The highest BCUT2D eigenvalue weighted by Gasteiger charge is 2.27. The van der Waals surface area contributed by atoms with Gasteiger partial charge in [0.25, 0.3) is 0 Å². The number of aliphatic hydroxyl groups is 1. The van der Waals surface area contributed by atoms with Crippen LogP contribution in [0.5, 0.6) is 34.8 Å². The maximum Gasteiger partial charge on any atom is 0.328 e. The minimum absolute atomic E-state index is 0.00177. The van der Waals surface area contributed by atoms with E-state index in [1.54, 1.807) is 34.5 Å². The summed E-state index contributed by atoms with van der Waals surface area (Å²) in [7, 11) is 6.18. The van der Waals surface area contributed by atoms with E-state index >= 15 is 0 Å². The van der Waals surface area contributed by atoms with Gasteiger partial charge in [-0.05, 0) is 29.8 Å². The lowest BCUT2D eigenvalue weighted by Gasteiger charge is -2.27. The number of methoxy groups -OCH3 is 4. The monoisotopic (exact) mass is 689 g/mol. The zero-order chi connectivity index (χ0) is 35.2. The molecule has 4 heterocycles. The number of nitrogens with two attached hydrogens (primary N) is 2. The van der Waals surface area contributed by atoms with E-state index in [9.17, 15) is 5.11 Å². The third-order valence-electron chi connectivity index (χ3n) is 7.96. The molecule has 50 heavy (non-hydrogen) atoms. The average Bonchev–Trinajstić information content (AvgIpc) is 3.34. The van der Waals surface area contributed by atoms with Crippen molar-refractivity contribution in [1.29, 1.82) is 0 Å². The third kappa shape index (κ3) is 7.25. The highest BCUT2D eigenvalue weighted by molar-refractivity contribution is 6.05. The van der Waals surface area contributed by atoms with Gasteiger partial charge in [-0.25, -0.2) is 4.99 Å². The van der Waals surface area contributed by atoms with Gasteiger partial charge in [-0.3, -0.25) is 0 Å². The molecule has 0 spiro atoms. The molecule has 7 N–H and O–H groups in total. The summed E-state index contributed by atoms with van der Waals surface area (Å²) in [5.41, 5.74) is 14.8. The summed E-state index contributed by atoms with van der Waals surface area (Å²) in [5, 5.41) is 15.8. The average molecular weight is 690 g/mol. The molecule has 0 saturated carbocycles. The van der Waals surface area contributed by atoms with Gasteiger partial charge < -0.3 is 60.5 Å². The number of nitrogen functional groups attached to an aromatic ring is 2. The molecule has 2 aromatic carbocycles. The van der Waals surface area contributed by atoms with Gasteiger partial charge in [0, 0.05) is 31.6 Å². The molecule has 6 rings (SSSR count). The van der Waals surface area contributed by atoms with Crippen molar-refractivity contribution in [1.82, 2.24) is 24.9 Å². The number of hydrogen-bond acceptors (Lipinski definition) is 18. The maximum absolute atomic E-state index is 9.34. The van der Waals surface area contributed by atoms with Crippen LogP contribution in [0.25, 0.3) is 0 Å². The molecule has 4 aromatic rings. The summed E-state index contributed by atoms with van der Waals surface area (Å²) in [6, 6.07) is 8.78. The lowest BCUT2D eigenvalue weighted by Crippen LogP contribution is -2.37. The molecule has 2 aromatic heterocycles. The lowest BCUT2D eigenvalue weighted by atomic mass is 9.96. The normalized spacial score (nSPS) is 15.6. The summed E-state index contributed by atoms with van der Waals surface area (Å²) in [6.07, 6.45) is 0.369. The number of ether oxygens (including phenoxy) is 6. The van der Waals surface area contributed by atoms with E-state index in [2.05, 4.69) is 35.6 Å². The number of aliphatic imine (C=N–C) groups is 1. The van der Waals surface area contributed by atoms with E-state index in [1.807, 2.05) is 29.2 Å². The van der Waals surface area contributed by atoms with E-state index < -0.39 is 6.04 Å². The Kier molecular flexibility index (Phi) is 10.3. The Bertz CT molecular complexity index is 1850. The second-order valence-corrected chi connectivity index (χ2v) is 11.0. The predicted octanol–water partition coefficient (Wildman–Crippen LogP) is 2.57. The molecule has 2 aliphatic heterocycles. The van der Waals surface area contributed by atoms with Crippen LogP contribution in [0.4, 0.5) is 35.2 Å². The Labute approximate surface area is 287 Å². The molecule has 18 heteroatoms. The molecule has 2 aliphatic rings. The van der Waals surface area contributed by atoms with Crippen LogP contribution in [0.15, 0.2) is 35.3 Å². The third-order valence-corrected chi connectivity index (χ3v) is 7.96. The van der Waals surface area contributed by atoms with Crippen LogP contribution < -0.4 is 50.7 Å². The maximum atomic E-state index is 9.34. The summed E-state index contributed by atoms with van der Waals surface area (Å²) < 4.78 is 34.2. The zero-order valence-corrected chi connectivity index (χ0v) is 28.1. The van der Waals surface area contributed by atoms with E-state index in [0.717, 1.165) is 5.56 Å². The first kappa shape index (κ1) is 34.0. The molecular formula is C32H39N11O7. The smallest absolute Gasteiger partial charge is 0.328 e. The van der Waals surface area contributed by atoms with Gasteiger partial charge >= 0.3 is 6.01 Å². The predicted molar refractivity (Wildman–Crippen MR) is 186 cm³/mol. The largest absolute Gasteiger partial charge is 0.493 e. The minimum Gasteiger partial charge on any atom is -0.493 e. The van der Waals surface area contributed by atoms with Crippen LogP contribution in [0, 0.1) is 0 Å². The van der Waals surface area contributed by atoms with Crippen LogP contribution in [0.3, 0.4) is 0 Å². The zero-order valence-electron chi connectivity index (χ0n) is 28.1. The molecule has 264 valence electrons. The van der Waals surface area contributed by atoms with Crippen molar-refractivity contribution in [2.45, 2.75) is 12.5 Å². The number of anilines is 5. The molecule has 1 fully saturated rings. The van der Waals surface area contributed by atoms with Crippen LogP contribution in [-0.2, 0) is 4.74 Å². The molecule has 1 unspecified atom stereocenters. The van der Waals surface area contributed by atoms with E-state index in [-0.39, 0.29) is 36.9 Å². The standard InChI is InChI=1S/C32H39N11O7/c1-45-22-13-17(5-6-21(22)50-32-41-30(35-7-10-44)40-31(42-32)43-8-11-49-12-9-43)19-16-20(36-25-27(33)38-29(34)39-28(25)37-19)18-14-23(46-2)26(48-4)24(15-18)47-3/h5-6,13-15,19,44H,7-12,16H2,1-4H3,(H,35,40,41,42)(H5,33,34,37,38,39). The summed E-state index contributed by atoms with van der Waals surface area (Å²) in [6.45, 7) is 2.48. The molecule has 1 saturated heterocycles. The van der Waals surface area contributed by atoms with Gasteiger partial charge in [-0.15, -0.1) is 0 Å². The number of aromatic nitrogens is 5. The fourth-order valence-corrected chi connectivity index (χ4v) is 5.55. The summed E-state index contributed by atoms with van der Waals surface area (Å²) in [4.78, 5) is 28.9. The first-order chi connectivity index (χ1) is 24.3. The second kappa shape index (κ2) is 15.1. The topological polar surface area (TPSA) is 232 Å². The van der Waals surface area contributed by atoms with Gasteiger partial charge in [0.05, 0.1) is 60.0 Å². The SMILES string of the molecule is COc1cc(C2CC(c3cc(OC)c(OC)c(OC)c3)=Nc3c(N)nc(N)nc3N2)ccc1Oc1nc(NCCO)nc(N2CCOCC2)n1. The van der Waals surface area contributed by atoms with Crippen molar-refractivity contribution in [2.75, 3.05) is 94.9 Å². The van der Waals surface area contributed by atoms with Crippen molar-refractivity contribution in [3.05, 3.63) is 41.5 Å². The van der Waals surface area contributed by atoms with Gasteiger partial charge in [0.15, 0.2) is 34.6 Å². The Morgan fingerprint density at radius 3 is 2.32 bits per heavy atom. The Morgan fingerprint density at radius 2 is 1.64 bits per heavy atom. The van der Waals surface area contributed by atoms with Crippen molar-refractivity contribution < 1.29 is 33.5 Å². The molecule has 0 amide bonds. The van der Waals surface area contributed by atoms with Gasteiger partial charge in [0.2, 0.25) is 23.6 Å². The first-order valence-corrected chi connectivity index (χ1v) is 15.7. The number of nitrogens with zero attached hydrogens (tertiary/aromatic N) is 7. The van der Waals surface area contributed by atoms with Gasteiger partial charge in [-0.2, -0.15) is 24.9 Å². The number of rotatable bonds is 12. The number of hydrogen-bond donors (Lipinski definition) is 5. The lowest BCUT2D eigenvalue weighted by molar-refractivity contribution is 0.122. The van der Waals surface area contributed by atoms with E-state index in [4.69, 9.17) is 44.9 Å². The van der Waals surface area contributed by atoms with Crippen molar-refractivity contribution in [2.24, 2.45) is 4.99 Å². The molecule has 0 aliphatic carbocycles. The van der Waals surface area contributed by atoms with Crippen LogP contribution >= 0.6 is 0 Å². The van der Waals surface area contributed by atoms with Crippen molar-refractivity contribution in [3.63, 3.8) is 0 Å².